The maximum Gasteiger partial charge on any atom is 0.282 e. The monoisotopic (exact) mass is 323 g/mol. The lowest BCUT2D eigenvalue weighted by atomic mass is 10.2. The number of carbonyl (C=O) groups is 1. The number of hydrogen-bond donors (Lipinski definition) is 0. The first-order valence-electron chi connectivity index (χ1n) is 7.52. The van der Waals surface area contributed by atoms with Crippen molar-refractivity contribution in [3.8, 4) is 0 Å². The number of amides is 1. The number of nitrogens with zero attached hydrogens (tertiary/aromatic N) is 5. The van der Waals surface area contributed by atoms with Gasteiger partial charge in [-0.25, -0.2) is 8.78 Å². The van der Waals surface area contributed by atoms with Crippen molar-refractivity contribution >= 4 is 5.91 Å². The highest BCUT2D eigenvalue weighted by molar-refractivity contribution is 5.75. The van der Waals surface area contributed by atoms with E-state index in [4.69, 9.17) is 0 Å². The maximum absolute atomic E-state index is 12.8. The number of carbonyl (C=O) groups excluding carboxylic acids is 1. The average Bonchev–Trinajstić information content (AvgIpc) is 3.12. The van der Waals surface area contributed by atoms with Gasteiger partial charge in [0.1, 0.15) is 12.2 Å². The molecule has 124 valence electrons. The highest BCUT2D eigenvalue weighted by atomic mass is 19.3. The fourth-order valence-electron chi connectivity index (χ4n) is 2.52. The first-order valence-corrected chi connectivity index (χ1v) is 7.52. The summed E-state index contributed by atoms with van der Waals surface area (Å²) in [5.74, 6) is 0.0744. The van der Waals surface area contributed by atoms with E-state index in [9.17, 15) is 13.6 Å². The minimum Gasteiger partial charge on any atom is -0.338 e. The molecule has 0 saturated heterocycles. The Bertz CT molecular complexity index is 705. The van der Waals surface area contributed by atoms with Crippen molar-refractivity contribution in [2.24, 2.45) is 7.05 Å². The Labute approximate surface area is 132 Å². The molecule has 1 fully saturated rings. The molecular weight excluding hydrogens is 304 g/mol. The highest BCUT2D eigenvalue weighted by Gasteiger charge is 2.30. The third-order valence-corrected chi connectivity index (χ3v) is 3.93. The normalized spacial score (nSPS) is 14.5. The number of aromatic nitrogens is 4. The number of hydrogen-bond acceptors (Lipinski definition) is 3. The second-order valence-electron chi connectivity index (χ2n) is 5.96. The van der Waals surface area contributed by atoms with Crippen LogP contribution in [0.1, 0.15) is 42.3 Å². The average molecular weight is 323 g/mol. The zero-order chi connectivity index (χ0) is 16.6. The summed E-state index contributed by atoms with van der Waals surface area (Å²) in [6.45, 7) is 0.350. The fraction of sp³-hybridized carbons (Fsp3) is 0.533. The molecule has 0 atom stereocenters. The van der Waals surface area contributed by atoms with Gasteiger partial charge in [-0.3, -0.25) is 14.2 Å². The maximum atomic E-state index is 12.8. The van der Waals surface area contributed by atoms with Crippen molar-refractivity contribution in [2.75, 3.05) is 7.05 Å². The largest absolute Gasteiger partial charge is 0.338 e. The first-order chi connectivity index (χ1) is 10.9. The van der Waals surface area contributed by atoms with E-state index in [-0.39, 0.29) is 24.1 Å². The van der Waals surface area contributed by atoms with Gasteiger partial charge in [0.2, 0.25) is 5.91 Å². The third-order valence-electron chi connectivity index (χ3n) is 3.93. The number of halogens is 2. The minimum absolute atomic E-state index is 0.0259. The zero-order valence-corrected chi connectivity index (χ0v) is 13.1. The molecule has 0 spiro atoms. The van der Waals surface area contributed by atoms with Gasteiger partial charge in [0, 0.05) is 31.9 Å². The molecule has 1 aliphatic carbocycles. The van der Waals surface area contributed by atoms with Gasteiger partial charge in [-0.15, -0.1) is 0 Å². The summed E-state index contributed by atoms with van der Waals surface area (Å²) in [6.07, 6.45) is 1.12. The van der Waals surface area contributed by atoms with Gasteiger partial charge in [0.05, 0.1) is 12.2 Å². The lowest BCUT2D eigenvalue weighted by Gasteiger charge is -2.16. The van der Waals surface area contributed by atoms with Crippen molar-refractivity contribution < 1.29 is 13.6 Å². The van der Waals surface area contributed by atoms with Crippen LogP contribution in [0.3, 0.4) is 0 Å². The van der Waals surface area contributed by atoms with Gasteiger partial charge in [-0.1, -0.05) is 0 Å². The second kappa shape index (κ2) is 6.10. The highest BCUT2D eigenvalue weighted by Crippen LogP contribution is 2.41. The number of likely N-dealkylation sites (N-methyl/N-ethyl adjacent to an activating group) is 1. The molecular formula is C15H19F2N5O. The molecule has 1 aliphatic rings. The van der Waals surface area contributed by atoms with Crippen LogP contribution in [0.2, 0.25) is 0 Å². The Balaban J connectivity index is 1.69. The standard InChI is InChI=1S/C15H19F2N5O/c1-20(8-11-5-6-21(2)18-11)14(23)9-22-13(10-3-4-10)7-12(19-22)15(16)17/h5-7,10,15H,3-4,8-9H2,1-2H3. The van der Waals surface area contributed by atoms with Crippen LogP contribution < -0.4 is 0 Å². The fourth-order valence-corrected chi connectivity index (χ4v) is 2.52. The van der Waals surface area contributed by atoms with Crippen molar-refractivity contribution in [1.82, 2.24) is 24.5 Å². The molecule has 6 nitrogen and oxygen atoms in total. The third kappa shape index (κ3) is 3.57. The van der Waals surface area contributed by atoms with Crippen LogP contribution >= 0.6 is 0 Å². The summed E-state index contributed by atoms with van der Waals surface area (Å²) < 4.78 is 28.8. The van der Waals surface area contributed by atoms with Gasteiger partial charge >= 0.3 is 0 Å². The van der Waals surface area contributed by atoms with E-state index in [2.05, 4.69) is 10.2 Å². The molecule has 0 radical (unpaired) electrons. The smallest absolute Gasteiger partial charge is 0.282 e. The number of alkyl halides is 2. The van der Waals surface area contributed by atoms with Crippen LogP contribution in [0.4, 0.5) is 8.78 Å². The molecule has 0 unspecified atom stereocenters. The van der Waals surface area contributed by atoms with E-state index in [1.807, 2.05) is 13.1 Å². The van der Waals surface area contributed by atoms with Crippen molar-refractivity contribution in [2.45, 2.75) is 38.3 Å². The Morgan fingerprint density at radius 2 is 2.17 bits per heavy atom. The van der Waals surface area contributed by atoms with E-state index in [0.717, 1.165) is 24.2 Å². The molecule has 0 aliphatic heterocycles. The molecule has 0 aromatic carbocycles. The van der Waals surface area contributed by atoms with Crippen molar-refractivity contribution in [3.63, 3.8) is 0 Å². The SMILES string of the molecule is CN(Cc1ccn(C)n1)C(=O)Cn1nc(C(F)F)cc1C1CC1. The van der Waals surface area contributed by atoms with Crippen molar-refractivity contribution in [1.29, 1.82) is 0 Å². The van der Waals surface area contributed by atoms with E-state index < -0.39 is 6.43 Å². The molecule has 0 N–H and O–H groups in total. The van der Waals surface area contributed by atoms with Crippen LogP contribution in [0.15, 0.2) is 18.3 Å². The Kier molecular flexibility index (Phi) is 4.14. The summed E-state index contributed by atoms with van der Waals surface area (Å²) in [4.78, 5) is 13.9. The number of aryl methyl sites for hydroxylation is 1. The second-order valence-corrected chi connectivity index (χ2v) is 5.96. The van der Waals surface area contributed by atoms with Crippen LogP contribution in [-0.4, -0.2) is 37.4 Å². The predicted molar refractivity (Wildman–Crippen MR) is 78.8 cm³/mol. The van der Waals surface area contributed by atoms with E-state index >= 15 is 0 Å². The van der Waals surface area contributed by atoms with Gasteiger partial charge in [0.15, 0.2) is 0 Å². The van der Waals surface area contributed by atoms with E-state index in [0.29, 0.717) is 6.54 Å². The lowest BCUT2D eigenvalue weighted by molar-refractivity contribution is -0.131. The Morgan fingerprint density at radius 3 is 2.74 bits per heavy atom. The molecule has 2 aromatic heterocycles. The summed E-state index contributed by atoms with van der Waals surface area (Å²) in [7, 11) is 3.48. The van der Waals surface area contributed by atoms with Gasteiger partial charge < -0.3 is 4.90 Å². The Hall–Kier alpha value is -2.25. The van der Waals surface area contributed by atoms with Crippen LogP contribution in [-0.2, 0) is 24.9 Å². The molecule has 3 rings (SSSR count). The molecule has 23 heavy (non-hydrogen) atoms. The zero-order valence-electron chi connectivity index (χ0n) is 13.1. The summed E-state index contributed by atoms with van der Waals surface area (Å²) in [5, 5.41) is 8.13. The summed E-state index contributed by atoms with van der Waals surface area (Å²) >= 11 is 0. The minimum atomic E-state index is -2.62. The summed E-state index contributed by atoms with van der Waals surface area (Å²) in [5.41, 5.74) is 1.26. The Morgan fingerprint density at radius 1 is 1.43 bits per heavy atom. The van der Waals surface area contributed by atoms with Gasteiger partial charge in [-0.05, 0) is 25.0 Å². The van der Waals surface area contributed by atoms with Crippen LogP contribution in [0.5, 0.6) is 0 Å². The van der Waals surface area contributed by atoms with Crippen LogP contribution in [0.25, 0.3) is 0 Å². The molecule has 0 bridgehead atoms. The quantitative estimate of drug-likeness (QED) is 0.818. The van der Waals surface area contributed by atoms with Gasteiger partial charge in [-0.2, -0.15) is 10.2 Å². The predicted octanol–water partition coefficient (Wildman–Crippen LogP) is 2.09. The molecule has 1 amide bonds. The molecule has 2 aromatic rings. The number of rotatable bonds is 6. The topological polar surface area (TPSA) is 56.0 Å². The molecule has 1 saturated carbocycles. The molecule has 2 heterocycles. The van der Waals surface area contributed by atoms with E-state index in [1.54, 1.807) is 17.9 Å². The van der Waals surface area contributed by atoms with E-state index in [1.165, 1.54) is 15.6 Å². The first kappa shape index (κ1) is 15.6. The van der Waals surface area contributed by atoms with Crippen LogP contribution in [0, 0.1) is 0 Å². The van der Waals surface area contributed by atoms with Gasteiger partial charge in [0.25, 0.3) is 6.43 Å². The lowest BCUT2D eigenvalue weighted by Crippen LogP contribution is -2.30. The molecule has 8 heteroatoms. The summed E-state index contributed by atoms with van der Waals surface area (Å²) in [6, 6.07) is 3.26. The van der Waals surface area contributed by atoms with Crippen molar-refractivity contribution in [3.05, 3.63) is 35.4 Å².